The summed E-state index contributed by atoms with van der Waals surface area (Å²) in [6.07, 6.45) is 8.93. The van der Waals surface area contributed by atoms with Crippen LogP contribution in [0.1, 0.15) is 53.8 Å². The van der Waals surface area contributed by atoms with Gasteiger partial charge in [0, 0.05) is 17.8 Å². The van der Waals surface area contributed by atoms with Crippen molar-refractivity contribution in [2.24, 2.45) is 0 Å². The van der Waals surface area contributed by atoms with Crippen molar-refractivity contribution in [2.75, 3.05) is 4.90 Å². The first-order valence-corrected chi connectivity index (χ1v) is 7.84. The van der Waals surface area contributed by atoms with E-state index in [9.17, 15) is 4.79 Å². The summed E-state index contributed by atoms with van der Waals surface area (Å²) in [5.74, 6) is 0.865. The van der Waals surface area contributed by atoms with Gasteiger partial charge in [-0.3, -0.25) is 9.69 Å². The predicted octanol–water partition coefficient (Wildman–Crippen LogP) is 3.67. The van der Waals surface area contributed by atoms with E-state index in [0.29, 0.717) is 11.6 Å². The first-order valence-electron chi connectivity index (χ1n) is 7.84. The van der Waals surface area contributed by atoms with Crippen LogP contribution in [-0.4, -0.2) is 22.1 Å². The summed E-state index contributed by atoms with van der Waals surface area (Å²) in [5, 5.41) is 3.74. The van der Waals surface area contributed by atoms with Crippen molar-refractivity contribution in [2.45, 2.75) is 52.0 Å². The van der Waals surface area contributed by atoms with Crippen LogP contribution in [-0.2, 0) is 0 Å². The fourth-order valence-electron chi connectivity index (χ4n) is 3.00. The summed E-state index contributed by atoms with van der Waals surface area (Å²) >= 11 is 0. The number of hydrogen-bond donors (Lipinski definition) is 0. The Morgan fingerprint density at radius 3 is 2.55 bits per heavy atom. The maximum Gasteiger partial charge on any atom is 0.298 e. The molecular weight excluding hydrogens is 278 g/mol. The van der Waals surface area contributed by atoms with Crippen molar-refractivity contribution in [3.63, 3.8) is 0 Å². The van der Waals surface area contributed by atoms with E-state index in [1.165, 1.54) is 6.42 Å². The van der Waals surface area contributed by atoms with E-state index >= 15 is 0 Å². The van der Waals surface area contributed by atoms with Crippen LogP contribution in [0.4, 0.5) is 5.82 Å². The van der Waals surface area contributed by atoms with Crippen molar-refractivity contribution in [3.05, 3.63) is 41.4 Å². The van der Waals surface area contributed by atoms with Gasteiger partial charge in [0.2, 0.25) is 5.76 Å². The zero-order chi connectivity index (χ0) is 15.5. The van der Waals surface area contributed by atoms with E-state index < -0.39 is 0 Å². The molecule has 1 aliphatic carbocycles. The Kier molecular flexibility index (Phi) is 4.22. The van der Waals surface area contributed by atoms with Crippen LogP contribution in [0.3, 0.4) is 0 Å². The van der Waals surface area contributed by atoms with Gasteiger partial charge in [-0.15, -0.1) is 0 Å². The molecule has 0 saturated heterocycles. The molecule has 3 rings (SSSR count). The zero-order valence-corrected chi connectivity index (χ0v) is 13.1. The molecule has 0 N–H and O–H groups in total. The first kappa shape index (κ1) is 14.8. The van der Waals surface area contributed by atoms with E-state index in [-0.39, 0.29) is 11.9 Å². The number of carbonyl (C=O) groups is 1. The van der Waals surface area contributed by atoms with Crippen LogP contribution in [0.2, 0.25) is 0 Å². The number of rotatable bonds is 3. The molecule has 5 nitrogen and oxygen atoms in total. The van der Waals surface area contributed by atoms with Gasteiger partial charge in [-0.1, -0.05) is 30.5 Å². The summed E-state index contributed by atoms with van der Waals surface area (Å²) in [6, 6.07) is 4.08. The number of aromatic nitrogens is 2. The standard InChI is InChI=1S/C17H21N3O2/c1-12-8-9-15(18-10-12)20(14-6-4-3-5-7-14)17(21)16-13(2)11-19-22-16/h8-11,14H,3-7H2,1-2H3. The normalized spacial score (nSPS) is 15.7. The SMILES string of the molecule is Cc1ccc(N(C(=O)c2oncc2C)C2CCCCC2)nc1. The Morgan fingerprint density at radius 1 is 1.18 bits per heavy atom. The van der Waals surface area contributed by atoms with Crippen molar-refractivity contribution in [3.8, 4) is 0 Å². The second-order valence-corrected chi connectivity index (χ2v) is 6.00. The van der Waals surface area contributed by atoms with E-state index in [1.807, 2.05) is 26.0 Å². The highest BCUT2D eigenvalue weighted by molar-refractivity contribution is 6.04. The summed E-state index contributed by atoms with van der Waals surface area (Å²) in [6.45, 7) is 3.83. The van der Waals surface area contributed by atoms with Crippen molar-refractivity contribution < 1.29 is 9.32 Å². The van der Waals surface area contributed by atoms with E-state index in [4.69, 9.17) is 4.52 Å². The molecule has 1 fully saturated rings. The highest BCUT2D eigenvalue weighted by Crippen LogP contribution is 2.28. The van der Waals surface area contributed by atoms with Gasteiger partial charge in [-0.2, -0.15) is 0 Å². The third-order valence-electron chi connectivity index (χ3n) is 4.24. The first-order chi connectivity index (χ1) is 10.7. The number of nitrogens with zero attached hydrogens (tertiary/aromatic N) is 3. The third kappa shape index (κ3) is 2.89. The number of carbonyl (C=O) groups excluding carboxylic acids is 1. The maximum atomic E-state index is 13.0. The molecule has 0 bridgehead atoms. The average Bonchev–Trinajstić information content (AvgIpc) is 2.96. The van der Waals surface area contributed by atoms with Crippen LogP contribution < -0.4 is 4.90 Å². The van der Waals surface area contributed by atoms with E-state index in [2.05, 4.69) is 10.1 Å². The van der Waals surface area contributed by atoms with Gasteiger partial charge >= 0.3 is 0 Å². The Labute approximate surface area is 130 Å². The molecule has 5 heteroatoms. The predicted molar refractivity (Wildman–Crippen MR) is 83.9 cm³/mol. The summed E-state index contributed by atoms with van der Waals surface area (Å²) in [7, 11) is 0. The van der Waals surface area contributed by atoms with Gasteiger partial charge in [-0.25, -0.2) is 4.98 Å². The van der Waals surface area contributed by atoms with Gasteiger partial charge in [0.05, 0.1) is 6.20 Å². The molecule has 1 amide bonds. The molecule has 0 aliphatic heterocycles. The minimum Gasteiger partial charge on any atom is -0.351 e. The minimum atomic E-state index is -0.141. The summed E-state index contributed by atoms with van der Waals surface area (Å²) < 4.78 is 5.17. The molecule has 2 aromatic rings. The van der Waals surface area contributed by atoms with Gasteiger partial charge in [-0.05, 0) is 38.3 Å². The Balaban J connectivity index is 1.96. The Morgan fingerprint density at radius 2 is 1.95 bits per heavy atom. The van der Waals surface area contributed by atoms with E-state index in [1.54, 1.807) is 17.3 Å². The lowest BCUT2D eigenvalue weighted by atomic mass is 9.94. The van der Waals surface area contributed by atoms with Gasteiger partial charge < -0.3 is 4.52 Å². The molecule has 116 valence electrons. The van der Waals surface area contributed by atoms with E-state index in [0.717, 1.165) is 36.8 Å². The highest BCUT2D eigenvalue weighted by atomic mass is 16.5. The van der Waals surface area contributed by atoms with Gasteiger partial charge in [0.1, 0.15) is 5.82 Å². The molecule has 0 spiro atoms. The molecular formula is C17H21N3O2. The Bertz CT molecular complexity index is 642. The van der Waals surface area contributed by atoms with Crippen LogP contribution in [0.15, 0.2) is 29.0 Å². The second-order valence-electron chi connectivity index (χ2n) is 6.00. The Hall–Kier alpha value is -2.17. The molecule has 0 aromatic carbocycles. The fraction of sp³-hybridized carbons (Fsp3) is 0.471. The average molecular weight is 299 g/mol. The zero-order valence-electron chi connectivity index (χ0n) is 13.1. The second kappa shape index (κ2) is 6.30. The molecule has 0 atom stereocenters. The molecule has 2 heterocycles. The van der Waals surface area contributed by atoms with Crippen molar-refractivity contribution in [1.82, 2.24) is 10.1 Å². The van der Waals surface area contributed by atoms with Crippen molar-refractivity contribution in [1.29, 1.82) is 0 Å². The lowest BCUT2D eigenvalue weighted by Gasteiger charge is -2.33. The molecule has 22 heavy (non-hydrogen) atoms. The van der Waals surface area contributed by atoms with Crippen LogP contribution in [0.25, 0.3) is 0 Å². The lowest BCUT2D eigenvalue weighted by molar-refractivity contribution is 0.0932. The summed E-state index contributed by atoms with van der Waals surface area (Å²) in [4.78, 5) is 19.2. The number of aryl methyl sites for hydroxylation is 2. The number of pyridine rings is 1. The molecule has 2 aromatic heterocycles. The fourth-order valence-corrected chi connectivity index (χ4v) is 3.00. The third-order valence-corrected chi connectivity index (χ3v) is 4.24. The highest BCUT2D eigenvalue weighted by Gasteiger charge is 2.31. The molecule has 1 aliphatic rings. The number of hydrogen-bond acceptors (Lipinski definition) is 4. The van der Waals surface area contributed by atoms with Crippen molar-refractivity contribution >= 4 is 11.7 Å². The smallest absolute Gasteiger partial charge is 0.298 e. The maximum absolute atomic E-state index is 13.0. The van der Waals surface area contributed by atoms with Gasteiger partial charge in [0.15, 0.2) is 0 Å². The quantitative estimate of drug-likeness (QED) is 0.867. The number of amides is 1. The molecule has 0 radical (unpaired) electrons. The molecule has 1 saturated carbocycles. The topological polar surface area (TPSA) is 59.2 Å². The minimum absolute atomic E-state index is 0.141. The van der Waals surface area contributed by atoms with Gasteiger partial charge in [0.25, 0.3) is 5.91 Å². The molecule has 0 unspecified atom stereocenters. The summed E-state index contributed by atoms with van der Waals surface area (Å²) in [5.41, 5.74) is 1.84. The lowest BCUT2D eigenvalue weighted by Crippen LogP contribution is -2.42. The number of anilines is 1. The monoisotopic (exact) mass is 299 g/mol. The largest absolute Gasteiger partial charge is 0.351 e. The van der Waals surface area contributed by atoms with Crippen LogP contribution in [0.5, 0.6) is 0 Å². The van der Waals surface area contributed by atoms with Crippen LogP contribution in [0, 0.1) is 13.8 Å². The van der Waals surface area contributed by atoms with Crippen LogP contribution >= 0.6 is 0 Å².